The van der Waals surface area contributed by atoms with Gasteiger partial charge in [-0.15, -0.1) is 0 Å². The van der Waals surface area contributed by atoms with E-state index in [0.717, 1.165) is 12.8 Å². The van der Waals surface area contributed by atoms with E-state index in [1.54, 1.807) is 0 Å². The summed E-state index contributed by atoms with van der Waals surface area (Å²) in [6.45, 7) is 2.73. The molecule has 0 rings (SSSR count). The van der Waals surface area contributed by atoms with Gasteiger partial charge in [0, 0.05) is 6.54 Å². The van der Waals surface area contributed by atoms with Crippen LogP contribution in [0.1, 0.15) is 96.8 Å². The molecule has 24 heavy (non-hydrogen) atoms. The van der Waals surface area contributed by atoms with Crippen molar-refractivity contribution in [3.8, 4) is 0 Å². The van der Waals surface area contributed by atoms with Gasteiger partial charge in [-0.1, -0.05) is 76.9 Å². The number of rotatable bonds is 18. The molecule has 0 atom stereocenters. The molecule has 0 saturated carbocycles. The van der Waals surface area contributed by atoms with Crippen LogP contribution in [0.25, 0.3) is 0 Å². The second-order valence-corrected chi connectivity index (χ2v) is 7.58. The topological polar surface area (TPSA) is 78.8 Å². The number of hydroxylamine groups is 1. The van der Waals surface area contributed by atoms with Crippen LogP contribution < -0.4 is 5.48 Å². The van der Waals surface area contributed by atoms with Crippen molar-refractivity contribution in [2.24, 2.45) is 0 Å². The quantitative estimate of drug-likeness (QED) is 0.127. The van der Waals surface area contributed by atoms with Crippen molar-refractivity contribution in [3.05, 3.63) is 12.2 Å². The first-order valence-corrected chi connectivity index (χ1v) is 11.2. The first-order valence-electron chi connectivity index (χ1n) is 9.68. The third-order valence-electron chi connectivity index (χ3n) is 3.97. The Morgan fingerprint density at radius 2 is 1.25 bits per heavy atom. The molecule has 0 aromatic heterocycles. The zero-order valence-electron chi connectivity index (χ0n) is 15.4. The lowest BCUT2D eigenvalue weighted by atomic mass is 10.1. The number of hydrogen-bond donors (Lipinski definition) is 3. The van der Waals surface area contributed by atoms with E-state index < -0.39 is 7.82 Å². The first-order chi connectivity index (χ1) is 11.6. The molecule has 3 N–H and O–H groups in total. The van der Waals surface area contributed by atoms with Crippen molar-refractivity contribution in [1.82, 2.24) is 5.48 Å². The fourth-order valence-electron chi connectivity index (χ4n) is 2.57. The van der Waals surface area contributed by atoms with E-state index in [2.05, 4.69) is 29.2 Å². The minimum atomic E-state index is -4.37. The summed E-state index contributed by atoms with van der Waals surface area (Å²) in [7, 11) is -4.37. The Labute approximate surface area is 148 Å². The molecule has 0 saturated heterocycles. The standard InChI is InChI=1S/C18H38NO4P/c1-2-3-4-5-6-7-8-9-10-11-12-13-14-15-16-17-18-19-23-24(20,21)22/h9-10,19H,2-8,11-18H2,1H3,(H2,20,21,22)/b10-9-. The van der Waals surface area contributed by atoms with Gasteiger partial charge in [0.15, 0.2) is 0 Å². The molecule has 0 aliphatic heterocycles. The lowest BCUT2D eigenvalue weighted by Crippen LogP contribution is -2.14. The largest absolute Gasteiger partial charge is 0.486 e. The third kappa shape index (κ3) is 21.8. The SMILES string of the molecule is CCCCCCCC/C=C\CCCCCCCCNOP(=O)(O)O. The normalized spacial score (nSPS) is 12.3. The molecule has 0 fully saturated rings. The van der Waals surface area contributed by atoms with Gasteiger partial charge in [0.1, 0.15) is 0 Å². The number of unbranched alkanes of at least 4 members (excludes halogenated alkanes) is 12. The molecule has 0 bridgehead atoms. The fraction of sp³-hybridized carbons (Fsp3) is 0.889. The summed E-state index contributed by atoms with van der Waals surface area (Å²) >= 11 is 0. The molecule has 0 heterocycles. The van der Waals surface area contributed by atoms with Crippen molar-refractivity contribution in [3.63, 3.8) is 0 Å². The Morgan fingerprint density at radius 3 is 1.75 bits per heavy atom. The number of phosphoric acid groups is 1. The van der Waals surface area contributed by atoms with Crippen molar-refractivity contribution < 1.29 is 19.0 Å². The maximum absolute atomic E-state index is 10.4. The highest BCUT2D eigenvalue weighted by atomic mass is 31.2. The van der Waals surface area contributed by atoms with Crippen LogP contribution >= 0.6 is 7.82 Å². The highest BCUT2D eigenvalue weighted by Gasteiger charge is 2.12. The van der Waals surface area contributed by atoms with E-state index in [9.17, 15) is 4.57 Å². The molecule has 0 aromatic rings. The Hall–Kier alpha value is -0.190. The van der Waals surface area contributed by atoms with Crippen LogP contribution in [0.3, 0.4) is 0 Å². The van der Waals surface area contributed by atoms with Crippen LogP contribution in [0.5, 0.6) is 0 Å². The number of nitrogens with one attached hydrogen (secondary N) is 1. The minimum Gasteiger partial charge on any atom is -0.302 e. The van der Waals surface area contributed by atoms with Crippen LogP contribution in [0, 0.1) is 0 Å². The molecule has 0 aliphatic carbocycles. The van der Waals surface area contributed by atoms with Crippen LogP contribution in [0.4, 0.5) is 0 Å². The van der Waals surface area contributed by atoms with Gasteiger partial charge in [-0.3, -0.25) is 0 Å². The van der Waals surface area contributed by atoms with Crippen LogP contribution in [-0.4, -0.2) is 16.3 Å². The van der Waals surface area contributed by atoms with Gasteiger partial charge >= 0.3 is 7.82 Å². The summed E-state index contributed by atoms with van der Waals surface area (Å²) in [6.07, 6.45) is 22.1. The highest BCUT2D eigenvalue weighted by molar-refractivity contribution is 7.46. The predicted molar refractivity (Wildman–Crippen MR) is 101 cm³/mol. The van der Waals surface area contributed by atoms with E-state index >= 15 is 0 Å². The second-order valence-electron chi connectivity index (χ2n) is 6.41. The van der Waals surface area contributed by atoms with Gasteiger partial charge in [0.05, 0.1) is 0 Å². The van der Waals surface area contributed by atoms with Gasteiger partial charge in [-0.05, 0) is 32.1 Å². The Balaban J connectivity index is 3.11. The average Bonchev–Trinajstić information content (AvgIpc) is 2.52. The van der Waals surface area contributed by atoms with Crippen molar-refractivity contribution in [2.75, 3.05) is 6.54 Å². The van der Waals surface area contributed by atoms with E-state index in [-0.39, 0.29) is 0 Å². The first kappa shape index (κ1) is 23.8. The summed E-state index contributed by atoms with van der Waals surface area (Å²) in [6, 6.07) is 0. The summed E-state index contributed by atoms with van der Waals surface area (Å²) in [5.74, 6) is 0. The smallest absolute Gasteiger partial charge is 0.302 e. The molecule has 144 valence electrons. The fourth-order valence-corrected chi connectivity index (χ4v) is 2.83. The number of hydrogen-bond acceptors (Lipinski definition) is 3. The summed E-state index contributed by atoms with van der Waals surface area (Å²) < 4.78 is 14.6. The van der Waals surface area contributed by atoms with Gasteiger partial charge < -0.3 is 9.79 Å². The molecular formula is C18H38NO4P. The van der Waals surface area contributed by atoms with Gasteiger partial charge in [-0.25, -0.2) is 4.57 Å². The molecular weight excluding hydrogens is 325 g/mol. The second kappa shape index (κ2) is 17.6. The van der Waals surface area contributed by atoms with E-state index in [4.69, 9.17) is 9.79 Å². The Bertz CT molecular complexity index is 331. The van der Waals surface area contributed by atoms with Crippen LogP contribution in [-0.2, 0) is 9.19 Å². The minimum absolute atomic E-state index is 0.478. The highest BCUT2D eigenvalue weighted by Crippen LogP contribution is 2.33. The Morgan fingerprint density at radius 1 is 0.792 bits per heavy atom. The van der Waals surface area contributed by atoms with Gasteiger partial charge in [-0.2, -0.15) is 10.1 Å². The molecule has 0 aliphatic rings. The zero-order chi connectivity index (χ0) is 17.9. The van der Waals surface area contributed by atoms with Gasteiger partial charge in [0.2, 0.25) is 0 Å². The summed E-state index contributed by atoms with van der Waals surface area (Å²) in [5.41, 5.74) is 2.30. The molecule has 0 unspecified atom stereocenters. The zero-order valence-corrected chi connectivity index (χ0v) is 16.3. The third-order valence-corrected chi connectivity index (χ3v) is 4.34. The molecule has 0 radical (unpaired) electrons. The summed E-state index contributed by atoms with van der Waals surface area (Å²) in [5, 5.41) is 0. The molecule has 0 amide bonds. The van der Waals surface area contributed by atoms with E-state index in [1.165, 1.54) is 77.0 Å². The van der Waals surface area contributed by atoms with Crippen molar-refractivity contribution in [2.45, 2.75) is 96.8 Å². The van der Waals surface area contributed by atoms with Crippen molar-refractivity contribution in [1.29, 1.82) is 0 Å². The Kier molecular flexibility index (Phi) is 17.5. The maximum Gasteiger partial charge on any atom is 0.486 e. The molecule has 0 aromatic carbocycles. The maximum atomic E-state index is 10.4. The van der Waals surface area contributed by atoms with Crippen LogP contribution in [0.15, 0.2) is 12.2 Å². The molecule has 6 heteroatoms. The molecule has 5 nitrogen and oxygen atoms in total. The van der Waals surface area contributed by atoms with E-state index in [1.807, 2.05) is 0 Å². The predicted octanol–water partition coefficient (Wildman–Crippen LogP) is 5.64. The van der Waals surface area contributed by atoms with Crippen molar-refractivity contribution >= 4 is 7.82 Å². The van der Waals surface area contributed by atoms with Gasteiger partial charge in [0.25, 0.3) is 0 Å². The monoisotopic (exact) mass is 363 g/mol. The molecule has 0 spiro atoms. The lowest BCUT2D eigenvalue weighted by Gasteiger charge is -2.05. The lowest BCUT2D eigenvalue weighted by molar-refractivity contribution is 0.124. The summed E-state index contributed by atoms with van der Waals surface area (Å²) in [4.78, 5) is 16.9. The average molecular weight is 363 g/mol. The number of allylic oxidation sites excluding steroid dienone is 2. The van der Waals surface area contributed by atoms with E-state index in [0.29, 0.717) is 6.54 Å². The van der Waals surface area contributed by atoms with Crippen LogP contribution in [0.2, 0.25) is 0 Å².